The molecular formula is C16H19F3N2O2. The zero-order chi connectivity index (χ0) is 16.4. The fourth-order valence-electron chi connectivity index (χ4n) is 3.22. The predicted molar refractivity (Wildman–Crippen MR) is 80.4 cm³/mol. The van der Waals surface area contributed by atoms with Crippen molar-refractivity contribution in [1.29, 1.82) is 0 Å². The maximum Gasteiger partial charge on any atom is 0.573 e. The molecule has 1 aromatic carbocycles. The summed E-state index contributed by atoms with van der Waals surface area (Å²) < 4.78 is 41.0. The van der Waals surface area contributed by atoms with E-state index < -0.39 is 6.36 Å². The lowest BCUT2D eigenvalue weighted by atomic mass is 10.1. The summed E-state index contributed by atoms with van der Waals surface area (Å²) in [6.07, 6.45) is -0.0806. The first-order valence-electron chi connectivity index (χ1n) is 7.67. The van der Waals surface area contributed by atoms with Crippen LogP contribution in [-0.4, -0.2) is 47.1 Å². The smallest absolute Gasteiger partial charge is 0.406 e. The Bertz CT molecular complexity index is 669. The van der Waals surface area contributed by atoms with Gasteiger partial charge in [-0.2, -0.15) is 0 Å². The number of hydrogen-bond acceptors (Lipinski definition) is 3. The Hall–Kier alpha value is -1.73. The Labute approximate surface area is 131 Å². The van der Waals surface area contributed by atoms with E-state index in [1.807, 2.05) is 6.20 Å². The molecule has 0 aliphatic carbocycles. The zero-order valence-electron chi connectivity index (χ0n) is 12.6. The summed E-state index contributed by atoms with van der Waals surface area (Å²) in [5, 5.41) is 10.1. The molecular weight excluding hydrogens is 309 g/mol. The number of benzene rings is 1. The Kier molecular flexibility index (Phi) is 4.50. The summed E-state index contributed by atoms with van der Waals surface area (Å²) in [6.45, 7) is 1.88. The van der Waals surface area contributed by atoms with Gasteiger partial charge in [0.15, 0.2) is 0 Å². The number of halogens is 3. The molecule has 1 atom stereocenters. The number of H-pyrrole nitrogens is 1. The van der Waals surface area contributed by atoms with E-state index >= 15 is 0 Å². The molecule has 23 heavy (non-hydrogen) atoms. The topological polar surface area (TPSA) is 48.5 Å². The van der Waals surface area contributed by atoms with E-state index in [0.717, 1.165) is 42.4 Å². The number of aromatic amines is 1. The van der Waals surface area contributed by atoms with Crippen molar-refractivity contribution in [3.8, 4) is 5.75 Å². The van der Waals surface area contributed by atoms with E-state index in [-0.39, 0.29) is 18.4 Å². The molecule has 4 nitrogen and oxygen atoms in total. The molecule has 1 aliphatic heterocycles. The molecule has 0 spiro atoms. The second-order valence-electron chi connectivity index (χ2n) is 5.83. The molecule has 0 bridgehead atoms. The van der Waals surface area contributed by atoms with E-state index in [9.17, 15) is 18.3 Å². The Balaban J connectivity index is 1.74. The standard InChI is InChI=1S/C16H19F3N2O2/c17-16(18,19)23-13-3-4-15-14(8-13)11(9-20-15)5-7-21-6-1-2-12(21)10-22/h3-4,8-9,12,20,22H,1-2,5-7,10H2/t12-/m0/s1. The zero-order valence-corrected chi connectivity index (χ0v) is 12.6. The highest BCUT2D eigenvalue weighted by Gasteiger charge is 2.31. The summed E-state index contributed by atoms with van der Waals surface area (Å²) in [5.74, 6) is -0.208. The van der Waals surface area contributed by atoms with Crippen molar-refractivity contribution in [3.63, 3.8) is 0 Å². The molecule has 1 aliphatic rings. The van der Waals surface area contributed by atoms with E-state index in [4.69, 9.17) is 0 Å². The maximum atomic E-state index is 12.3. The van der Waals surface area contributed by atoms with Gasteiger partial charge in [-0.3, -0.25) is 4.90 Å². The second kappa shape index (κ2) is 6.41. The summed E-state index contributed by atoms with van der Waals surface area (Å²) in [5.41, 5.74) is 1.74. The molecule has 1 fully saturated rings. The normalized spacial score (nSPS) is 19.6. The first-order chi connectivity index (χ1) is 11.0. The quantitative estimate of drug-likeness (QED) is 0.887. The third-order valence-electron chi connectivity index (χ3n) is 4.35. The van der Waals surface area contributed by atoms with Crippen molar-refractivity contribution in [3.05, 3.63) is 30.0 Å². The van der Waals surface area contributed by atoms with Gasteiger partial charge in [-0.1, -0.05) is 0 Å². The van der Waals surface area contributed by atoms with Crippen molar-refractivity contribution in [2.24, 2.45) is 0 Å². The van der Waals surface area contributed by atoms with Crippen LogP contribution in [-0.2, 0) is 6.42 Å². The number of aromatic nitrogens is 1. The lowest BCUT2D eigenvalue weighted by Gasteiger charge is -2.22. The van der Waals surface area contributed by atoms with Gasteiger partial charge in [-0.15, -0.1) is 13.2 Å². The summed E-state index contributed by atoms with van der Waals surface area (Å²) in [7, 11) is 0. The Morgan fingerprint density at radius 1 is 1.35 bits per heavy atom. The van der Waals surface area contributed by atoms with E-state index in [1.165, 1.54) is 12.1 Å². The summed E-state index contributed by atoms with van der Waals surface area (Å²) in [6, 6.07) is 4.51. The highest BCUT2D eigenvalue weighted by molar-refractivity contribution is 5.84. The number of ether oxygens (including phenoxy) is 1. The number of rotatable bonds is 5. The van der Waals surface area contributed by atoms with Crippen molar-refractivity contribution in [2.75, 3.05) is 19.7 Å². The fraction of sp³-hybridized carbons (Fsp3) is 0.500. The monoisotopic (exact) mass is 328 g/mol. The Morgan fingerprint density at radius 2 is 2.17 bits per heavy atom. The third kappa shape index (κ3) is 3.79. The third-order valence-corrected chi connectivity index (χ3v) is 4.35. The van der Waals surface area contributed by atoms with Gasteiger partial charge >= 0.3 is 6.36 Å². The number of aliphatic hydroxyl groups excluding tert-OH is 1. The van der Waals surface area contributed by atoms with E-state index in [1.54, 1.807) is 6.07 Å². The second-order valence-corrected chi connectivity index (χ2v) is 5.83. The number of nitrogens with zero attached hydrogens (tertiary/aromatic N) is 1. The van der Waals surface area contributed by atoms with Crippen LogP contribution >= 0.6 is 0 Å². The lowest BCUT2D eigenvalue weighted by Crippen LogP contribution is -2.33. The summed E-state index contributed by atoms with van der Waals surface area (Å²) >= 11 is 0. The van der Waals surface area contributed by atoms with Gasteiger partial charge in [0.2, 0.25) is 0 Å². The van der Waals surface area contributed by atoms with Crippen LogP contribution in [0.25, 0.3) is 10.9 Å². The average Bonchev–Trinajstić information content (AvgIpc) is 3.09. The molecule has 2 heterocycles. The molecule has 7 heteroatoms. The van der Waals surface area contributed by atoms with Crippen molar-refractivity contribution in [1.82, 2.24) is 9.88 Å². The predicted octanol–water partition coefficient (Wildman–Crippen LogP) is 3.07. The van der Waals surface area contributed by atoms with Gasteiger partial charge < -0.3 is 14.8 Å². The number of aliphatic hydroxyl groups is 1. The molecule has 2 aromatic rings. The van der Waals surface area contributed by atoms with Gasteiger partial charge in [-0.05, 0) is 49.6 Å². The van der Waals surface area contributed by atoms with Crippen molar-refractivity contribution in [2.45, 2.75) is 31.7 Å². The molecule has 126 valence electrons. The first-order valence-corrected chi connectivity index (χ1v) is 7.67. The van der Waals surface area contributed by atoms with Gasteiger partial charge in [-0.25, -0.2) is 0 Å². The van der Waals surface area contributed by atoms with Gasteiger partial charge in [0.25, 0.3) is 0 Å². The average molecular weight is 328 g/mol. The minimum atomic E-state index is -4.69. The number of hydrogen-bond donors (Lipinski definition) is 2. The van der Waals surface area contributed by atoms with Crippen molar-refractivity contribution >= 4 is 10.9 Å². The number of likely N-dealkylation sites (tertiary alicyclic amines) is 1. The van der Waals surface area contributed by atoms with Crippen LogP contribution < -0.4 is 4.74 Å². The van der Waals surface area contributed by atoms with Crippen molar-refractivity contribution < 1.29 is 23.0 Å². The molecule has 3 rings (SSSR count). The van der Waals surface area contributed by atoms with E-state index in [2.05, 4.69) is 14.6 Å². The molecule has 0 amide bonds. The van der Waals surface area contributed by atoms with E-state index in [0.29, 0.717) is 6.42 Å². The van der Waals surface area contributed by atoms with Crippen LogP contribution in [0.15, 0.2) is 24.4 Å². The fourth-order valence-corrected chi connectivity index (χ4v) is 3.22. The Morgan fingerprint density at radius 3 is 2.91 bits per heavy atom. The minimum Gasteiger partial charge on any atom is -0.406 e. The number of alkyl halides is 3. The summed E-state index contributed by atoms with van der Waals surface area (Å²) in [4.78, 5) is 5.31. The largest absolute Gasteiger partial charge is 0.573 e. The minimum absolute atomic E-state index is 0.150. The van der Waals surface area contributed by atoms with Gasteiger partial charge in [0.05, 0.1) is 6.61 Å². The van der Waals surface area contributed by atoms with Crippen LogP contribution in [0.5, 0.6) is 5.75 Å². The molecule has 0 saturated carbocycles. The van der Waals surface area contributed by atoms with Gasteiger partial charge in [0.1, 0.15) is 5.75 Å². The highest BCUT2D eigenvalue weighted by Crippen LogP contribution is 2.28. The molecule has 1 aromatic heterocycles. The first kappa shape index (κ1) is 16.1. The van der Waals surface area contributed by atoms with Crippen LogP contribution in [0.2, 0.25) is 0 Å². The lowest BCUT2D eigenvalue weighted by molar-refractivity contribution is -0.274. The molecule has 0 radical (unpaired) electrons. The maximum absolute atomic E-state index is 12.3. The SMILES string of the molecule is OC[C@@H]1CCCN1CCc1c[nH]c2ccc(OC(F)(F)F)cc12. The van der Waals surface area contributed by atoms with Gasteiger partial charge in [0, 0.05) is 29.7 Å². The molecule has 2 N–H and O–H groups in total. The molecule has 0 unspecified atom stereocenters. The van der Waals surface area contributed by atoms with Crippen LogP contribution in [0.3, 0.4) is 0 Å². The molecule has 1 saturated heterocycles. The van der Waals surface area contributed by atoms with Crippen LogP contribution in [0.4, 0.5) is 13.2 Å². The van der Waals surface area contributed by atoms with Crippen LogP contribution in [0, 0.1) is 0 Å². The number of nitrogens with one attached hydrogen (secondary N) is 1. The highest BCUT2D eigenvalue weighted by atomic mass is 19.4. The van der Waals surface area contributed by atoms with Crippen LogP contribution in [0.1, 0.15) is 18.4 Å². The number of fused-ring (bicyclic) bond motifs is 1.